The fourth-order valence-corrected chi connectivity index (χ4v) is 8.02. The van der Waals surface area contributed by atoms with Crippen molar-refractivity contribution in [1.82, 2.24) is 0 Å². The van der Waals surface area contributed by atoms with Crippen LogP contribution in [-0.2, 0) is 27.8 Å². The van der Waals surface area contributed by atoms with Gasteiger partial charge < -0.3 is 9.57 Å². The number of rotatable bonds is 5. The lowest BCUT2D eigenvalue weighted by Gasteiger charge is -2.38. The van der Waals surface area contributed by atoms with E-state index in [4.69, 9.17) is 32.8 Å². The maximum Gasteiger partial charge on any atom is 0.125 e. The average molecular weight is 738 g/mol. The molecule has 0 N–H and O–H groups in total. The summed E-state index contributed by atoms with van der Waals surface area (Å²) in [7, 11) is 0. The maximum atomic E-state index is 6.62. The van der Waals surface area contributed by atoms with Gasteiger partial charge in [0.1, 0.15) is 6.61 Å². The van der Waals surface area contributed by atoms with Crippen LogP contribution in [0.5, 0.6) is 0 Å². The van der Waals surface area contributed by atoms with E-state index >= 15 is 0 Å². The standard InChI is InChI=1S/C20H29ClO.C12H16BrCl.C7H11NO.CH4/c1-19(2,3)11-9-15-7-8-16(12-18(15)21)20-10-5-4-6-17(20)13-22-14-20;1-12(2,3)7-6-9-4-5-10(13)8-11(9)14;1-2-4-7-6(3-1)5-9-8-7;/h7-8,12,17H,4-6,9-11,13-14H2,1-3H3;4-5,8H,6-7H2,1-3H3;6H,1-5H2;1H4. The molecule has 2 aromatic carbocycles. The molecule has 6 heteroatoms. The summed E-state index contributed by atoms with van der Waals surface area (Å²) in [6.07, 6.45) is 14.9. The van der Waals surface area contributed by atoms with Gasteiger partial charge in [-0.25, -0.2) is 0 Å². The number of benzene rings is 2. The van der Waals surface area contributed by atoms with Crippen molar-refractivity contribution in [2.75, 3.05) is 19.8 Å². The highest BCUT2D eigenvalue weighted by Gasteiger charge is 2.46. The van der Waals surface area contributed by atoms with Crippen molar-refractivity contribution in [2.24, 2.45) is 27.8 Å². The van der Waals surface area contributed by atoms with E-state index in [9.17, 15) is 0 Å². The Morgan fingerprint density at radius 3 is 2.07 bits per heavy atom. The van der Waals surface area contributed by atoms with Gasteiger partial charge in [-0.2, -0.15) is 0 Å². The summed E-state index contributed by atoms with van der Waals surface area (Å²) >= 11 is 16.2. The van der Waals surface area contributed by atoms with Gasteiger partial charge in [0, 0.05) is 25.9 Å². The number of ether oxygens (including phenoxy) is 1. The number of hydrogen-bond acceptors (Lipinski definition) is 3. The van der Waals surface area contributed by atoms with Crippen LogP contribution in [0.25, 0.3) is 0 Å². The average Bonchev–Trinajstić information content (AvgIpc) is 3.64. The first-order valence-corrected chi connectivity index (χ1v) is 18.8. The van der Waals surface area contributed by atoms with E-state index in [1.807, 2.05) is 12.1 Å². The van der Waals surface area contributed by atoms with Gasteiger partial charge in [-0.1, -0.05) is 131 Å². The van der Waals surface area contributed by atoms with Crippen LogP contribution in [0.1, 0.15) is 130 Å². The van der Waals surface area contributed by atoms with Crippen molar-refractivity contribution in [2.45, 2.75) is 131 Å². The zero-order valence-corrected chi connectivity index (χ0v) is 31.7. The SMILES string of the molecule is C.C1CCC2CON=C2C1.CC(C)(C)CCc1ccc(Br)cc1Cl.CC(C)(C)CCc1ccc(C23CCCCC2COC3)cc1Cl. The van der Waals surface area contributed by atoms with Crippen molar-refractivity contribution in [3.05, 3.63) is 67.6 Å². The van der Waals surface area contributed by atoms with Crippen LogP contribution in [0.3, 0.4) is 0 Å². The molecule has 6 rings (SSSR count). The minimum atomic E-state index is 0. The fourth-order valence-electron chi connectivity index (χ4n) is 6.97. The van der Waals surface area contributed by atoms with E-state index in [1.54, 1.807) is 0 Å². The van der Waals surface area contributed by atoms with E-state index in [0.29, 0.717) is 22.7 Å². The molecule has 3 atom stereocenters. The second kappa shape index (κ2) is 17.5. The smallest absolute Gasteiger partial charge is 0.125 e. The van der Waals surface area contributed by atoms with E-state index < -0.39 is 0 Å². The lowest BCUT2D eigenvalue weighted by molar-refractivity contribution is 0.152. The zero-order valence-electron chi connectivity index (χ0n) is 28.6. The molecule has 2 heterocycles. The predicted octanol–water partition coefficient (Wildman–Crippen LogP) is 13.1. The molecule has 3 fully saturated rings. The largest absolute Gasteiger partial charge is 0.395 e. The molecule has 2 aromatic rings. The Morgan fingerprint density at radius 2 is 1.46 bits per heavy atom. The van der Waals surface area contributed by atoms with Crippen LogP contribution in [0.15, 0.2) is 46.0 Å². The van der Waals surface area contributed by atoms with Crippen LogP contribution >= 0.6 is 39.1 Å². The molecule has 0 amide bonds. The summed E-state index contributed by atoms with van der Waals surface area (Å²) in [6.45, 7) is 16.3. The number of oxime groups is 1. The summed E-state index contributed by atoms with van der Waals surface area (Å²) in [6, 6.07) is 12.9. The van der Waals surface area contributed by atoms with Crippen molar-refractivity contribution in [1.29, 1.82) is 0 Å². The number of fused-ring (bicyclic) bond motifs is 2. The molecule has 4 aliphatic rings. The van der Waals surface area contributed by atoms with Gasteiger partial charge in [0.15, 0.2) is 0 Å². The van der Waals surface area contributed by atoms with Crippen molar-refractivity contribution in [3.8, 4) is 0 Å². The highest BCUT2D eigenvalue weighted by atomic mass is 79.9. The Labute approximate surface area is 299 Å². The number of hydrogen-bond donors (Lipinski definition) is 0. The number of halogens is 3. The minimum absolute atomic E-state index is 0. The van der Waals surface area contributed by atoms with Gasteiger partial charge in [-0.05, 0) is 109 Å². The van der Waals surface area contributed by atoms with Gasteiger partial charge in [0.05, 0.1) is 18.9 Å². The summed E-state index contributed by atoms with van der Waals surface area (Å²) in [4.78, 5) is 4.98. The Balaban J connectivity index is 0.000000205. The van der Waals surface area contributed by atoms with E-state index in [-0.39, 0.29) is 12.8 Å². The lowest BCUT2D eigenvalue weighted by atomic mass is 9.64. The van der Waals surface area contributed by atoms with Crippen LogP contribution < -0.4 is 0 Å². The first kappa shape index (κ1) is 39.4. The summed E-state index contributed by atoms with van der Waals surface area (Å²) in [5.41, 5.74) is 6.24. The molecule has 0 radical (unpaired) electrons. The van der Waals surface area contributed by atoms with Gasteiger partial charge in [0.2, 0.25) is 0 Å². The summed E-state index contributed by atoms with van der Waals surface area (Å²) in [5.74, 6) is 1.39. The Morgan fingerprint density at radius 1 is 0.826 bits per heavy atom. The van der Waals surface area contributed by atoms with Crippen LogP contribution in [0.2, 0.25) is 10.0 Å². The van der Waals surface area contributed by atoms with Crippen molar-refractivity contribution >= 4 is 44.8 Å². The first-order valence-electron chi connectivity index (χ1n) is 17.3. The molecule has 0 spiro atoms. The number of aryl methyl sites for hydroxylation is 2. The fraction of sp³-hybridized carbons (Fsp3) is 0.675. The van der Waals surface area contributed by atoms with Crippen molar-refractivity contribution < 1.29 is 9.57 Å². The Bertz CT molecular complexity index is 1280. The Hall–Kier alpha value is -1.07. The number of nitrogens with zero attached hydrogens (tertiary/aromatic N) is 1. The molecule has 46 heavy (non-hydrogen) atoms. The molecule has 2 saturated carbocycles. The molecule has 0 bridgehead atoms. The molecule has 0 aromatic heterocycles. The third-order valence-electron chi connectivity index (χ3n) is 9.98. The normalized spacial score (nSPS) is 23.7. The molecular formula is C40H60BrCl2NO2. The topological polar surface area (TPSA) is 30.8 Å². The molecule has 1 saturated heterocycles. The highest BCUT2D eigenvalue weighted by molar-refractivity contribution is 9.10. The van der Waals surface area contributed by atoms with Gasteiger partial charge >= 0.3 is 0 Å². The van der Waals surface area contributed by atoms with Crippen molar-refractivity contribution in [3.63, 3.8) is 0 Å². The zero-order chi connectivity index (χ0) is 32.7. The molecule has 2 aliphatic heterocycles. The van der Waals surface area contributed by atoms with E-state index in [2.05, 4.69) is 86.9 Å². The quantitative estimate of drug-likeness (QED) is 0.306. The minimum Gasteiger partial charge on any atom is -0.395 e. The second-order valence-electron chi connectivity index (χ2n) is 16.1. The van der Waals surface area contributed by atoms with E-state index in [0.717, 1.165) is 53.6 Å². The summed E-state index contributed by atoms with van der Waals surface area (Å²) in [5, 5.41) is 5.79. The monoisotopic (exact) mass is 735 g/mol. The predicted molar refractivity (Wildman–Crippen MR) is 203 cm³/mol. The van der Waals surface area contributed by atoms with Gasteiger partial charge in [0.25, 0.3) is 0 Å². The first-order chi connectivity index (χ1) is 21.3. The molecule has 2 aliphatic carbocycles. The van der Waals surface area contributed by atoms with Crippen LogP contribution in [0.4, 0.5) is 0 Å². The lowest BCUT2D eigenvalue weighted by Crippen LogP contribution is -2.37. The van der Waals surface area contributed by atoms with Gasteiger partial charge in [-0.15, -0.1) is 0 Å². The third kappa shape index (κ3) is 11.5. The summed E-state index contributed by atoms with van der Waals surface area (Å²) < 4.78 is 6.91. The van der Waals surface area contributed by atoms with Gasteiger partial charge in [-0.3, -0.25) is 0 Å². The van der Waals surface area contributed by atoms with Crippen LogP contribution in [0, 0.1) is 22.7 Å². The second-order valence-corrected chi connectivity index (χ2v) is 17.8. The molecule has 3 unspecified atom stereocenters. The van der Waals surface area contributed by atoms with E-state index in [1.165, 1.54) is 80.2 Å². The maximum absolute atomic E-state index is 6.62. The molecular weight excluding hydrogens is 677 g/mol. The van der Waals surface area contributed by atoms with Crippen LogP contribution in [-0.4, -0.2) is 25.5 Å². The third-order valence-corrected chi connectivity index (χ3v) is 11.2. The molecule has 3 nitrogen and oxygen atoms in total. The molecule has 258 valence electrons. The highest BCUT2D eigenvalue weighted by Crippen LogP contribution is 2.48. The Kier molecular flexibility index (Phi) is 15.0.